The summed E-state index contributed by atoms with van der Waals surface area (Å²) in [5, 5.41) is 2.63. The normalized spacial score (nSPS) is 10.8. The summed E-state index contributed by atoms with van der Waals surface area (Å²) in [6.45, 7) is 0.473. The fourth-order valence-corrected chi connectivity index (χ4v) is 3.39. The molecule has 0 aliphatic heterocycles. The van der Waals surface area contributed by atoms with Gasteiger partial charge in [-0.25, -0.2) is 15.8 Å². The van der Waals surface area contributed by atoms with Gasteiger partial charge in [0.1, 0.15) is 5.82 Å². The average molecular weight is 404 g/mol. The van der Waals surface area contributed by atoms with Crippen LogP contribution in [0.1, 0.15) is 5.56 Å². The SMILES string of the molecule is CSNc1ccc(-c2ccc(N)c(N(N)Cc3ccc4ncccc4c3)n2)cn1. The number of hydrazine groups is 1. The molecule has 3 aromatic heterocycles. The van der Waals surface area contributed by atoms with Crippen LogP contribution in [-0.4, -0.2) is 21.2 Å². The van der Waals surface area contributed by atoms with Crippen molar-refractivity contribution in [1.29, 1.82) is 0 Å². The molecular weight excluding hydrogens is 382 g/mol. The first-order valence-corrected chi connectivity index (χ1v) is 10.2. The molecule has 0 atom stereocenters. The molecule has 7 nitrogen and oxygen atoms in total. The number of nitrogen functional groups attached to an aromatic ring is 1. The van der Waals surface area contributed by atoms with Crippen molar-refractivity contribution < 1.29 is 0 Å². The quantitative estimate of drug-likeness (QED) is 0.253. The average Bonchev–Trinajstić information content (AvgIpc) is 2.75. The van der Waals surface area contributed by atoms with Gasteiger partial charge in [-0.3, -0.25) is 9.99 Å². The van der Waals surface area contributed by atoms with Crippen molar-refractivity contribution in [3.8, 4) is 11.3 Å². The van der Waals surface area contributed by atoms with Crippen LogP contribution in [0.3, 0.4) is 0 Å². The number of anilines is 3. The molecule has 0 aliphatic rings. The number of nitrogens with one attached hydrogen (secondary N) is 1. The lowest BCUT2D eigenvalue weighted by Gasteiger charge is -2.20. The number of rotatable bonds is 6. The maximum atomic E-state index is 6.33. The van der Waals surface area contributed by atoms with Crippen molar-refractivity contribution in [3.63, 3.8) is 0 Å². The largest absolute Gasteiger partial charge is 0.396 e. The summed E-state index contributed by atoms with van der Waals surface area (Å²) in [4.78, 5) is 13.4. The fraction of sp³-hybridized carbons (Fsp3) is 0.0952. The van der Waals surface area contributed by atoms with Crippen LogP contribution >= 0.6 is 11.9 Å². The third kappa shape index (κ3) is 4.23. The summed E-state index contributed by atoms with van der Waals surface area (Å²) in [6.07, 6.45) is 5.51. The van der Waals surface area contributed by atoms with Gasteiger partial charge in [-0.1, -0.05) is 24.1 Å². The van der Waals surface area contributed by atoms with Gasteiger partial charge in [0, 0.05) is 29.6 Å². The molecule has 0 spiro atoms. The van der Waals surface area contributed by atoms with Crippen LogP contribution in [0.25, 0.3) is 22.2 Å². The standard InChI is InChI=1S/C21H21N7S/c1-29-27-20-9-5-16(12-25-20)19-8-6-17(22)21(26-19)28(23)13-14-4-7-18-15(11-14)3-2-10-24-18/h2-12H,13,22-23H2,1H3,(H,25,27). The molecule has 4 aromatic rings. The molecule has 29 heavy (non-hydrogen) atoms. The van der Waals surface area contributed by atoms with Crippen LogP contribution in [0.15, 0.2) is 67.0 Å². The minimum absolute atomic E-state index is 0.473. The number of benzene rings is 1. The van der Waals surface area contributed by atoms with Gasteiger partial charge < -0.3 is 10.5 Å². The molecule has 8 heteroatoms. The molecule has 0 radical (unpaired) electrons. The lowest BCUT2D eigenvalue weighted by Crippen LogP contribution is -2.31. The molecule has 0 aliphatic carbocycles. The summed E-state index contributed by atoms with van der Waals surface area (Å²) in [5.74, 6) is 7.65. The monoisotopic (exact) mass is 403 g/mol. The van der Waals surface area contributed by atoms with Gasteiger partial charge in [-0.2, -0.15) is 0 Å². The van der Waals surface area contributed by atoms with E-state index in [1.54, 1.807) is 17.4 Å². The van der Waals surface area contributed by atoms with E-state index >= 15 is 0 Å². The molecule has 0 saturated carbocycles. The second-order valence-corrected chi connectivity index (χ2v) is 7.12. The molecule has 1 aromatic carbocycles. The van der Waals surface area contributed by atoms with Crippen LogP contribution < -0.4 is 21.3 Å². The van der Waals surface area contributed by atoms with Crippen LogP contribution in [0.4, 0.5) is 17.3 Å². The Kier molecular flexibility index (Phi) is 5.46. The topological polar surface area (TPSA) is 106 Å². The zero-order valence-corrected chi connectivity index (χ0v) is 16.7. The van der Waals surface area contributed by atoms with Crippen LogP contribution in [0.2, 0.25) is 0 Å². The Morgan fingerprint density at radius 2 is 1.97 bits per heavy atom. The smallest absolute Gasteiger partial charge is 0.166 e. The van der Waals surface area contributed by atoms with Crippen LogP contribution in [0.5, 0.6) is 0 Å². The predicted octanol–water partition coefficient (Wildman–Crippen LogP) is 3.84. The Bertz CT molecular complexity index is 1130. The molecule has 5 N–H and O–H groups in total. The van der Waals surface area contributed by atoms with E-state index in [4.69, 9.17) is 11.6 Å². The van der Waals surface area contributed by atoms with Crippen molar-refractivity contribution in [2.45, 2.75) is 6.54 Å². The van der Waals surface area contributed by atoms with Crippen molar-refractivity contribution in [2.24, 2.45) is 5.84 Å². The van der Waals surface area contributed by atoms with Crippen LogP contribution in [-0.2, 0) is 6.54 Å². The Morgan fingerprint density at radius 1 is 1.07 bits per heavy atom. The summed E-state index contributed by atoms with van der Waals surface area (Å²) >= 11 is 1.49. The number of nitrogens with zero attached hydrogens (tertiary/aromatic N) is 4. The third-order valence-electron chi connectivity index (χ3n) is 4.46. The molecule has 0 amide bonds. The maximum Gasteiger partial charge on any atom is 0.166 e. The van der Waals surface area contributed by atoms with Gasteiger partial charge in [0.2, 0.25) is 0 Å². The van der Waals surface area contributed by atoms with Gasteiger partial charge in [0.25, 0.3) is 0 Å². The number of hydrogen-bond donors (Lipinski definition) is 3. The van der Waals surface area contributed by atoms with E-state index in [2.05, 4.69) is 25.7 Å². The van der Waals surface area contributed by atoms with Crippen molar-refractivity contribution in [1.82, 2.24) is 15.0 Å². The molecule has 0 fully saturated rings. The molecule has 146 valence electrons. The van der Waals surface area contributed by atoms with Gasteiger partial charge in [-0.05, 0) is 48.0 Å². The maximum absolute atomic E-state index is 6.33. The highest BCUT2D eigenvalue weighted by molar-refractivity contribution is 7.99. The number of hydrogen-bond acceptors (Lipinski definition) is 8. The van der Waals surface area contributed by atoms with Gasteiger partial charge in [0.05, 0.1) is 23.4 Å². The molecular formula is C21H21N7S. The number of fused-ring (bicyclic) bond motifs is 1. The molecule has 0 unspecified atom stereocenters. The summed E-state index contributed by atoms with van der Waals surface area (Å²) in [6, 6.07) is 17.6. The first-order valence-electron chi connectivity index (χ1n) is 9.02. The minimum Gasteiger partial charge on any atom is -0.396 e. The zero-order chi connectivity index (χ0) is 20.2. The second kappa shape index (κ2) is 8.34. The van der Waals surface area contributed by atoms with Crippen molar-refractivity contribution in [2.75, 3.05) is 21.7 Å². The van der Waals surface area contributed by atoms with Crippen molar-refractivity contribution in [3.05, 3.63) is 72.6 Å². The van der Waals surface area contributed by atoms with E-state index in [0.717, 1.165) is 33.5 Å². The van der Waals surface area contributed by atoms with E-state index in [9.17, 15) is 0 Å². The lowest BCUT2D eigenvalue weighted by molar-refractivity contribution is 0.836. The van der Waals surface area contributed by atoms with E-state index in [1.807, 2.05) is 54.8 Å². The molecule has 0 bridgehead atoms. The number of nitrogens with two attached hydrogens (primary N) is 2. The Labute approximate surface area is 173 Å². The van der Waals surface area contributed by atoms with E-state index in [1.165, 1.54) is 11.9 Å². The van der Waals surface area contributed by atoms with Crippen LogP contribution in [0, 0.1) is 0 Å². The van der Waals surface area contributed by atoms with E-state index in [-0.39, 0.29) is 0 Å². The Balaban J connectivity index is 1.58. The van der Waals surface area contributed by atoms with Gasteiger partial charge in [-0.15, -0.1) is 0 Å². The summed E-state index contributed by atoms with van der Waals surface area (Å²) < 4.78 is 3.10. The van der Waals surface area contributed by atoms with E-state index in [0.29, 0.717) is 18.1 Å². The summed E-state index contributed by atoms with van der Waals surface area (Å²) in [7, 11) is 0. The van der Waals surface area contributed by atoms with Gasteiger partial charge >= 0.3 is 0 Å². The first kappa shape index (κ1) is 19.0. The minimum atomic E-state index is 0.473. The highest BCUT2D eigenvalue weighted by Gasteiger charge is 2.12. The molecule has 4 rings (SSSR count). The lowest BCUT2D eigenvalue weighted by atomic mass is 10.1. The predicted molar refractivity (Wildman–Crippen MR) is 121 cm³/mol. The van der Waals surface area contributed by atoms with Crippen molar-refractivity contribution >= 4 is 40.2 Å². The highest BCUT2D eigenvalue weighted by atomic mass is 32.2. The number of aromatic nitrogens is 3. The third-order valence-corrected chi connectivity index (χ3v) is 4.88. The molecule has 0 saturated heterocycles. The molecule has 3 heterocycles. The number of pyridine rings is 3. The fourth-order valence-electron chi connectivity index (χ4n) is 3.06. The van der Waals surface area contributed by atoms with E-state index < -0.39 is 0 Å². The summed E-state index contributed by atoms with van der Waals surface area (Å²) in [5.41, 5.74) is 10.3. The van der Waals surface area contributed by atoms with Gasteiger partial charge in [0.15, 0.2) is 5.82 Å². The zero-order valence-electron chi connectivity index (χ0n) is 15.9. The highest BCUT2D eigenvalue weighted by Crippen LogP contribution is 2.26. The second-order valence-electron chi connectivity index (χ2n) is 6.51. The Hall–Kier alpha value is -3.36. The first-order chi connectivity index (χ1) is 14.1. The Morgan fingerprint density at radius 3 is 2.76 bits per heavy atom.